The lowest BCUT2D eigenvalue weighted by molar-refractivity contribution is 1.17. The Morgan fingerprint density at radius 2 is 2.23 bits per heavy atom. The molecular weight excluding hydrogens is 232 g/mol. The highest BCUT2D eigenvalue weighted by molar-refractivity contribution is 9.10. The molecule has 2 aromatic heterocycles. The van der Waals surface area contributed by atoms with E-state index in [-0.39, 0.29) is 5.56 Å². The maximum atomic E-state index is 11.2. The van der Waals surface area contributed by atoms with Gasteiger partial charge in [0.05, 0.1) is 4.47 Å². The average molecular weight is 239 g/mol. The first-order valence-electron chi connectivity index (χ1n) is 3.83. The Kier molecular flexibility index (Phi) is 1.92. The molecule has 3 nitrogen and oxygen atoms in total. The third-order valence-corrected chi connectivity index (χ3v) is 2.39. The van der Waals surface area contributed by atoms with Crippen LogP contribution in [0.2, 0.25) is 0 Å². The zero-order valence-electron chi connectivity index (χ0n) is 6.97. The predicted octanol–water partition coefficient (Wildman–Crippen LogP) is 1.99. The molecule has 1 N–H and O–H groups in total. The van der Waals surface area contributed by atoms with Crippen molar-refractivity contribution < 1.29 is 0 Å². The highest BCUT2D eigenvalue weighted by Gasteiger charge is 1.99. The number of hydrogen-bond acceptors (Lipinski definition) is 2. The first-order valence-corrected chi connectivity index (χ1v) is 4.62. The summed E-state index contributed by atoms with van der Waals surface area (Å²) in [6.45, 7) is 1.89. The fourth-order valence-electron chi connectivity index (χ4n) is 1.15. The van der Waals surface area contributed by atoms with Gasteiger partial charge in [0.15, 0.2) is 0 Å². The molecule has 2 rings (SSSR count). The third-order valence-electron chi connectivity index (χ3n) is 1.80. The number of halogens is 1. The van der Waals surface area contributed by atoms with E-state index in [0.29, 0.717) is 10.1 Å². The molecular formula is C9H7BrN2O. The Balaban J connectivity index is 2.89. The van der Waals surface area contributed by atoms with Crippen LogP contribution in [0.1, 0.15) is 5.69 Å². The maximum absolute atomic E-state index is 11.2. The summed E-state index contributed by atoms with van der Waals surface area (Å²) in [6.07, 6.45) is 0. The van der Waals surface area contributed by atoms with Crippen LogP contribution in [0.25, 0.3) is 11.0 Å². The minimum Gasteiger partial charge on any atom is -0.306 e. The monoisotopic (exact) mass is 238 g/mol. The van der Waals surface area contributed by atoms with Crippen LogP contribution in [0.3, 0.4) is 0 Å². The van der Waals surface area contributed by atoms with Gasteiger partial charge >= 0.3 is 0 Å². The molecule has 2 aromatic rings. The summed E-state index contributed by atoms with van der Waals surface area (Å²) in [5.41, 5.74) is 1.38. The average Bonchev–Trinajstić information content (AvgIpc) is 2.08. The van der Waals surface area contributed by atoms with Gasteiger partial charge in [-0.2, -0.15) is 0 Å². The molecule has 0 amide bonds. The molecule has 13 heavy (non-hydrogen) atoms. The second-order valence-electron chi connectivity index (χ2n) is 2.84. The number of nitrogens with zero attached hydrogens (tertiary/aromatic N) is 1. The fraction of sp³-hybridized carbons (Fsp3) is 0.111. The minimum absolute atomic E-state index is 0.148. The van der Waals surface area contributed by atoms with Crippen molar-refractivity contribution >= 4 is 27.0 Å². The summed E-state index contributed by atoms with van der Waals surface area (Å²) in [5.74, 6) is 0. The number of fused-ring (bicyclic) bond motifs is 1. The molecule has 0 atom stereocenters. The molecule has 0 radical (unpaired) electrons. The molecule has 4 heteroatoms. The number of rotatable bonds is 0. The van der Waals surface area contributed by atoms with Crippen LogP contribution < -0.4 is 5.56 Å². The Morgan fingerprint density at radius 3 is 3.00 bits per heavy atom. The molecule has 0 unspecified atom stereocenters. The summed E-state index contributed by atoms with van der Waals surface area (Å²) >= 11 is 3.16. The number of H-pyrrole nitrogens is 1. The van der Waals surface area contributed by atoms with Gasteiger partial charge in [-0.3, -0.25) is 4.79 Å². The van der Waals surface area contributed by atoms with Gasteiger partial charge in [-0.05, 0) is 41.1 Å². The van der Waals surface area contributed by atoms with Gasteiger partial charge in [0.1, 0.15) is 5.65 Å². The van der Waals surface area contributed by atoms with Gasteiger partial charge in [0, 0.05) is 11.1 Å². The second kappa shape index (κ2) is 2.96. The van der Waals surface area contributed by atoms with Crippen molar-refractivity contribution in [1.82, 2.24) is 9.97 Å². The number of aromatic nitrogens is 2. The largest absolute Gasteiger partial charge is 0.306 e. The fourth-order valence-corrected chi connectivity index (χ4v) is 1.50. The van der Waals surface area contributed by atoms with Gasteiger partial charge in [-0.25, -0.2) is 4.98 Å². The van der Waals surface area contributed by atoms with Crippen molar-refractivity contribution in [2.45, 2.75) is 6.92 Å². The highest BCUT2D eigenvalue weighted by atomic mass is 79.9. The molecule has 0 saturated carbocycles. The van der Waals surface area contributed by atoms with E-state index in [1.807, 2.05) is 19.1 Å². The number of hydrogen-bond donors (Lipinski definition) is 1. The lowest BCUT2D eigenvalue weighted by Crippen LogP contribution is -2.06. The first-order chi connectivity index (χ1) is 6.16. The van der Waals surface area contributed by atoms with E-state index in [1.165, 1.54) is 0 Å². The van der Waals surface area contributed by atoms with Crippen molar-refractivity contribution in [3.63, 3.8) is 0 Å². The zero-order valence-corrected chi connectivity index (χ0v) is 8.55. The predicted molar refractivity (Wildman–Crippen MR) is 54.8 cm³/mol. The SMILES string of the molecule is Cc1ccc2cc(Br)c(=O)[nH]c2n1. The molecule has 0 spiro atoms. The Bertz CT molecular complexity index is 518. The number of nitrogens with one attached hydrogen (secondary N) is 1. The van der Waals surface area contributed by atoms with E-state index in [0.717, 1.165) is 11.1 Å². The summed E-state index contributed by atoms with van der Waals surface area (Å²) in [6, 6.07) is 5.60. The van der Waals surface area contributed by atoms with Crippen molar-refractivity contribution in [2.75, 3.05) is 0 Å². The van der Waals surface area contributed by atoms with Gasteiger partial charge in [0.25, 0.3) is 5.56 Å². The molecule has 0 aromatic carbocycles. The zero-order chi connectivity index (χ0) is 9.42. The Hall–Kier alpha value is -1.16. The standard InChI is InChI=1S/C9H7BrN2O/c1-5-2-3-6-4-7(10)9(13)12-8(6)11-5/h2-4H,1H3,(H,11,12,13). The van der Waals surface area contributed by atoms with Crippen LogP contribution >= 0.6 is 15.9 Å². The Labute approximate surface area is 82.9 Å². The van der Waals surface area contributed by atoms with E-state index in [2.05, 4.69) is 25.9 Å². The topological polar surface area (TPSA) is 45.8 Å². The van der Waals surface area contributed by atoms with Crippen LogP contribution in [-0.4, -0.2) is 9.97 Å². The summed E-state index contributed by atoms with van der Waals surface area (Å²) < 4.78 is 0.533. The highest BCUT2D eigenvalue weighted by Crippen LogP contribution is 2.12. The molecule has 0 saturated heterocycles. The van der Waals surface area contributed by atoms with Crippen LogP contribution in [0.15, 0.2) is 27.5 Å². The molecule has 2 heterocycles. The van der Waals surface area contributed by atoms with E-state index >= 15 is 0 Å². The molecule has 66 valence electrons. The summed E-state index contributed by atoms with van der Waals surface area (Å²) in [5, 5.41) is 0.928. The van der Waals surface area contributed by atoms with Crippen LogP contribution in [0, 0.1) is 6.92 Å². The minimum atomic E-state index is -0.148. The quantitative estimate of drug-likeness (QED) is 0.764. The van der Waals surface area contributed by atoms with Gasteiger partial charge in [-0.15, -0.1) is 0 Å². The van der Waals surface area contributed by atoms with Gasteiger partial charge in [0.2, 0.25) is 0 Å². The van der Waals surface area contributed by atoms with Gasteiger partial charge in [-0.1, -0.05) is 0 Å². The van der Waals surface area contributed by atoms with Crippen molar-refractivity contribution in [1.29, 1.82) is 0 Å². The second-order valence-corrected chi connectivity index (χ2v) is 3.69. The van der Waals surface area contributed by atoms with E-state index < -0.39 is 0 Å². The number of aryl methyl sites for hydroxylation is 1. The normalized spacial score (nSPS) is 10.6. The van der Waals surface area contributed by atoms with E-state index in [9.17, 15) is 4.79 Å². The number of aromatic amines is 1. The number of pyridine rings is 2. The van der Waals surface area contributed by atoms with Crippen molar-refractivity contribution in [3.8, 4) is 0 Å². The summed E-state index contributed by atoms with van der Waals surface area (Å²) in [4.78, 5) is 18.1. The smallest absolute Gasteiger partial charge is 0.263 e. The lowest BCUT2D eigenvalue weighted by Gasteiger charge is -1.98. The van der Waals surface area contributed by atoms with Crippen molar-refractivity contribution in [2.24, 2.45) is 0 Å². The van der Waals surface area contributed by atoms with Crippen molar-refractivity contribution in [3.05, 3.63) is 38.7 Å². The molecule has 0 aliphatic heterocycles. The van der Waals surface area contributed by atoms with Crippen LogP contribution in [-0.2, 0) is 0 Å². The van der Waals surface area contributed by atoms with Gasteiger partial charge < -0.3 is 4.98 Å². The molecule has 0 bridgehead atoms. The van der Waals surface area contributed by atoms with E-state index in [1.54, 1.807) is 6.07 Å². The maximum Gasteiger partial charge on any atom is 0.263 e. The van der Waals surface area contributed by atoms with E-state index in [4.69, 9.17) is 0 Å². The molecule has 0 fully saturated rings. The lowest BCUT2D eigenvalue weighted by atomic mass is 10.2. The summed E-state index contributed by atoms with van der Waals surface area (Å²) in [7, 11) is 0. The molecule has 0 aliphatic carbocycles. The Morgan fingerprint density at radius 1 is 1.46 bits per heavy atom. The van der Waals surface area contributed by atoms with Crippen LogP contribution in [0.5, 0.6) is 0 Å². The molecule has 0 aliphatic rings. The first kappa shape index (κ1) is 8.44. The third kappa shape index (κ3) is 1.49. The van der Waals surface area contributed by atoms with Crippen LogP contribution in [0.4, 0.5) is 0 Å².